The molecule has 1 aliphatic rings. The van der Waals surface area contributed by atoms with Gasteiger partial charge in [0.25, 0.3) is 0 Å². The molecule has 0 aromatic carbocycles. The molecule has 2 N–H and O–H groups in total. The van der Waals surface area contributed by atoms with Gasteiger partial charge in [0.1, 0.15) is 0 Å². The van der Waals surface area contributed by atoms with Crippen molar-refractivity contribution in [2.75, 3.05) is 0 Å². The van der Waals surface area contributed by atoms with Gasteiger partial charge in [-0.1, -0.05) is 25.3 Å². The van der Waals surface area contributed by atoms with Gasteiger partial charge in [0, 0.05) is 6.42 Å². The number of rotatable bonds is 6. The second-order valence-corrected chi connectivity index (χ2v) is 4.79. The van der Waals surface area contributed by atoms with E-state index in [1.807, 2.05) is 0 Å². The summed E-state index contributed by atoms with van der Waals surface area (Å²) in [5.41, 5.74) is -0.512. The number of nitrogens with one attached hydrogen (secondary N) is 1. The van der Waals surface area contributed by atoms with E-state index >= 15 is 0 Å². The molecular formula is C13H21NO3. The third-order valence-electron chi connectivity index (χ3n) is 3.28. The lowest BCUT2D eigenvalue weighted by atomic mass is 9.79. The van der Waals surface area contributed by atoms with E-state index in [9.17, 15) is 9.59 Å². The molecule has 0 aliphatic heterocycles. The molecule has 0 radical (unpaired) electrons. The minimum atomic E-state index is -0.837. The van der Waals surface area contributed by atoms with Gasteiger partial charge in [0.05, 0.1) is 12.0 Å². The van der Waals surface area contributed by atoms with Crippen molar-refractivity contribution in [3.8, 4) is 0 Å². The first-order chi connectivity index (χ1) is 8.08. The number of carboxylic acid groups (broad SMARTS) is 1. The SMILES string of the molecule is C=CCCC(=O)NC1(CC(=O)O)CCCCC1. The summed E-state index contributed by atoms with van der Waals surface area (Å²) >= 11 is 0. The largest absolute Gasteiger partial charge is 0.481 e. The monoisotopic (exact) mass is 239 g/mol. The highest BCUT2D eigenvalue weighted by Gasteiger charge is 2.35. The van der Waals surface area contributed by atoms with Gasteiger partial charge in [-0.25, -0.2) is 0 Å². The Balaban J connectivity index is 2.59. The Bertz CT molecular complexity index is 293. The van der Waals surface area contributed by atoms with Crippen molar-refractivity contribution < 1.29 is 14.7 Å². The minimum absolute atomic E-state index is 0.0346. The van der Waals surface area contributed by atoms with E-state index in [1.165, 1.54) is 0 Å². The standard InChI is InChI=1S/C13H21NO3/c1-2-3-7-11(15)14-13(10-12(16)17)8-5-4-6-9-13/h2H,1,3-10H2,(H,14,15)(H,16,17). The maximum Gasteiger partial charge on any atom is 0.305 e. The maximum absolute atomic E-state index is 11.7. The van der Waals surface area contributed by atoms with Crippen LogP contribution in [-0.4, -0.2) is 22.5 Å². The van der Waals surface area contributed by atoms with E-state index in [1.54, 1.807) is 6.08 Å². The second kappa shape index (κ2) is 6.42. The zero-order valence-electron chi connectivity index (χ0n) is 10.2. The lowest BCUT2D eigenvalue weighted by molar-refractivity contribution is -0.139. The molecule has 0 bridgehead atoms. The highest BCUT2D eigenvalue weighted by Crippen LogP contribution is 2.31. The summed E-state index contributed by atoms with van der Waals surface area (Å²) in [7, 11) is 0. The number of carbonyl (C=O) groups excluding carboxylic acids is 1. The number of aliphatic carboxylic acids is 1. The van der Waals surface area contributed by atoms with E-state index in [-0.39, 0.29) is 12.3 Å². The molecule has 0 aromatic heterocycles. The van der Waals surface area contributed by atoms with Crippen LogP contribution < -0.4 is 5.32 Å². The molecular weight excluding hydrogens is 218 g/mol. The number of allylic oxidation sites excluding steroid dienone is 1. The third-order valence-corrected chi connectivity index (χ3v) is 3.28. The summed E-state index contributed by atoms with van der Waals surface area (Å²) in [6.45, 7) is 3.57. The van der Waals surface area contributed by atoms with Crippen LogP contribution in [0.25, 0.3) is 0 Å². The van der Waals surface area contributed by atoms with E-state index in [4.69, 9.17) is 5.11 Å². The number of carboxylic acids is 1. The van der Waals surface area contributed by atoms with Gasteiger partial charge in [-0.05, 0) is 19.3 Å². The van der Waals surface area contributed by atoms with Crippen LogP contribution in [0.4, 0.5) is 0 Å². The highest BCUT2D eigenvalue weighted by atomic mass is 16.4. The van der Waals surface area contributed by atoms with Gasteiger partial charge < -0.3 is 10.4 Å². The fourth-order valence-electron chi connectivity index (χ4n) is 2.46. The predicted molar refractivity (Wildman–Crippen MR) is 65.6 cm³/mol. The van der Waals surface area contributed by atoms with Crippen LogP contribution in [0.15, 0.2) is 12.7 Å². The summed E-state index contributed by atoms with van der Waals surface area (Å²) < 4.78 is 0. The zero-order chi connectivity index (χ0) is 12.7. The van der Waals surface area contributed by atoms with Crippen LogP contribution in [0.5, 0.6) is 0 Å². The first-order valence-electron chi connectivity index (χ1n) is 6.22. The summed E-state index contributed by atoms with van der Waals surface area (Å²) in [6.07, 6.45) is 7.43. The Morgan fingerprint density at radius 2 is 1.94 bits per heavy atom. The van der Waals surface area contributed by atoms with Gasteiger partial charge in [0.15, 0.2) is 0 Å². The Labute approximate surface area is 102 Å². The molecule has 0 heterocycles. The van der Waals surface area contributed by atoms with E-state index < -0.39 is 11.5 Å². The molecule has 1 rings (SSSR count). The third kappa shape index (κ3) is 4.59. The molecule has 96 valence electrons. The van der Waals surface area contributed by atoms with E-state index in [2.05, 4.69) is 11.9 Å². The second-order valence-electron chi connectivity index (χ2n) is 4.79. The number of carbonyl (C=O) groups is 2. The Morgan fingerprint density at radius 1 is 1.29 bits per heavy atom. The molecule has 0 spiro atoms. The predicted octanol–water partition coefficient (Wildman–Crippen LogP) is 2.25. The molecule has 17 heavy (non-hydrogen) atoms. The van der Waals surface area contributed by atoms with Gasteiger partial charge >= 0.3 is 5.97 Å². The molecule has 0 atom stereocenters. The van der Waals surface area contributed by atoms with Gasteiger partial charge in [-0.3, -0.25) is 9.59 Å². The highest BCUT2D eigenvalue weighted by molar-refractivity contribution is 5.78. The number of amides is 1. The van der Waals surface area contributed by atoms with Crippen LogP contribution in [0.2, 0.25) is 0 Å². The smallest absolute Gasteiger partial charge is 0.305 e. The molecule has 0 unspecified atom stereocenters. The number of hydrogen-bond acceptors (Lipinski definition) is 2. The first-order valence-corrected chi connectivity index (χ1v) is 6.22. The van der Waals surface area contributed by atoms with Crippen LogP contribution in [-0.2, 0) is 9.59 Å². The minimum Gasteiger partial charge on any atom is -0.481 e. The van der Waals surface area contributed by atoms with Crippen LogP contribution in [0.3, 0.4) is 0 Å². The van der Waals surface area contributed by atoms with Crippen molar-refractivity contribution >= 4 is 11.9 Å². The molecule has 0 aromatic rings. The Morgan fingerprint density at radius 3 is 2.47 bits per heavy atom. The van der Waals surface area contributed by atoms with Crippen molar-refractivity contribution in [2.45, 2.75) is 56.9 Å². The van der Waals surface area contributed by atoms with Crippen LogP contribution in [0.1, 0.15) is 51.4 Å². The average Bonchev–Trinajstić information content (AvgIpc) is 2.26. The first kappa shape index (κ1) is 13.7. The van der Waals surface area contributed by atoms with Crippen molar-refractivity contribution in [3.05, 3.63) is 12.7 Å². The molecule has 4 heteroatoms. The Hall–Kier alpha value is -1.32. The quantitative estimate of drug-likeness (QED) is 0.699. The lowest BCUT2D eigenvalue weighted by Gasteiger charge is -2.37. The normalized spacial score (nSPS) is 18.4. The maximum atomic E-state index is 11.7. The van der Waals surface area contributed by atoms with Gasteiger partial charge in [0.2, 0.25) is 5.91 Å². The molecule has 1 saturated carbocycles. The van der Waals surface area contributed by atoms with Crippen molar-refractivity contribution in [1.29, 1.82) is 0 Å². The van der Waals surface area contributed by atoms with E-state index in [0.29, 0.717) is 12.8 Å². The molecule has 4 nitrogen and oxygen atoms in total. The van der Waals surface area contributed by atoms with Crippen molar-refractivity contribution in [2.24, 2.45) is 0 Å². The fraction of sp³-hybridized carbons (Fsp3) is 0.692. The molecule has 0 saturated heterocycles. The molecule has 1 amide bonds. The lowest BCUT2D eigenvalue weighted by Crippen LogP contribution is -2.51. The van der Waals surface area contributed by atoms with Crippen LogP contribution >= 0.6 is 0 Å². The summed E-state index contributed by atoms with van der Waals surface area (Å²) in [5.74, 6) is -0.899. The fourth-order valence-corrected chi connectivity index (χ4v) is 2.46. The van der Waals surface area contributed by atoms with Gasteiger partial charge in [-0.15, -0.1) is 6.58 Å². The Kier molecular flexibility index (Phi) is 5.19. The summed E-state index contributed by atoms with van der Waals surface area (Å²) in [5, 5.41) is 11.9. The van der Waals surface area contributed by atoms with E-state index in [0.717, 1.165) is 32.1 Å². The number of hydrogen-bond donors (Lipinski definition) is 2. The topological polar surface area (TPSA) is 66.4 Å². The van der Waals surface area contributed by atoms with Crippen LogP contribution in [0, 0.1) is 0 Å². The van der Waals surface area contributed by atoms with Gasteiger partial charge in [-0.2, -0.15) is 0 Å². The van der Waals surface area contributed by atoms with Crippen molar-refractivity contribution in [3.63, 3.8) is 0 Å². The zero-order valence-corrected chi connectivity index (χ0v) is 10.2. The average molecular weight is 239 g/mol. The van der Waals surface area contributed by atoms with Crippen molar-refractivity contribution in [1.82, 2.24) is 5.32 Å². The summed E-state index contributed by atoms with van der Waals surface area (Å²) in [4.78, 5) is 22.6. The molecule has 1 aliphatic carbocycles. The summed E-state index contributed by atoms with van der Waals surface area (Å²) in [6, 6.07) is 0. The molecule has 1 fully saturated rings.